The highest BCUT2D eigenvalue weighted by atomic mass is 35.5. The molecule has 0 saturated heterocycles. The number of phenolic OH excluding ortho intramolecular Hbond substituents is 2. The normalized spacial score (nSPS) is 10.4. The zero-order chi connectivity index (χ0) is 15.6. The van der Waals surface area contributed by atoms with Gasteiger partial charge in [0.25, 0.3) is 0 Å². The van der Waals surface area contributed by atoms with Gasteiger partial charge in [-0.3, -0.25) is 4.79 Å². The van der Waals surface area contributed by atoms with Crippen molar-refractivity contribution >= 4 is 40.6 Å². The monoisotopic (exact) mass is 346 g/mol. The highest BCUT2D eigenvalue weighted by Crippen LogP contribution is 2.34. The first kappa shape index (κ1) is 15.8. The third-order valence-electron chi connectivity index (χ3n) is 2.63. The van der Waals surface area contributed by atoms with Gasteiger partial charge >= 0.3 is 0 Å². The van der Waals surface area contributed by atoms with Crippen LogP contribution < -0.4 is 4.74 Å². The summed E-state index contributed by atoms with van der Waals surface area (Å²) < 4.78 is 5.29. The number of rotatable bonds is 4. The maximum Gasteiger partial charge on any atom is 0.200 e. The second-order valence-electron chi connectivity index (χ2n) is 4.11. The maximum absolute atomic E-state index is 11.9. The van der Waals surface area contributed by atoms with Gasteiger partial charge in [-0.2, -0.15) is 0 Å². The summed E-state index contributed by atoms with van der Waals surface area (Å²) in [5, 5.41) is 19.3. The smallest absolute Gasteiger partial charge is 0.200 e. The molecule has 2 N–H and O–H groups in total. The number of hydrogen-bond acceptors (Lipinski definition) is 4. The number of hydrogen-bond donors (Lipinski definition) is 2. The van der Waals surface area contributed by atoms with Crippen LogP contribution in [0.4, 0.5) is 0 Å². The zero-order valence-electron chi connectivity index (χ0n) is 10.4. The number of ketones is 1. The standard InChI is InChI=1S/C14H9Cl3O4/c15-8-4-10(17)14(5-9(8)16)21-6-13(20)7-1-2-11(18)12(19)3-7/h1-5,18-19H,6H2. The lowest BCUT2D eigenvalue weighted by Crippen LogP contribution is -2.11. The van der Waals surface area contributed by atoms with E-state index >= 15 is 0 Å². The molecule has 4 nitrogen and oxygen atoms in total. The molecule has 0 atom stereocenters. The van der Waals surface area contributed by atoms with Crippen LogP contribution in [-0.4, -0.2) is 22.6 Å². The van der Waals surface area contributed by atoms with Gasteiger partial charge in [-0.15, -0.1) is 0 Å². The Balaban J connectivity index is 2.11. The zero-order valence-corrected chi connectivity index (χ0v) is 12.7. The number of benzene rings is 2. The van der Waals surface area contributed by atoms with E-state index in [-0.39, 0.29) is 44.5 Å². The van der Waals surface area contributed by atoms with Crippen molar-refractivity contribution in [2.24, 2.45) is 0 Å². The molecule has 0 amide bonds. The summed E-state index contributed by atoms with van der Waals surface area (Å²) in [6.07, 6.45) is 0. The van der Waals surface area contributed by atoms with Gasteiger partial charge in [0.1, 0.15) is 5.75 Å². The van der Waals surface area contributed by atoms with Crippen LogP contribution in [0.3, 0.4) is 0 Å². The molecular weight excluding hydrogens is 339 g/mol. The number of carbonyl (C=O) groups excluding carboxylic acids is 1. The quantitative estimate of drug-likeness (QED) is 0.491. The number of ether oxygens (including phenoxy) is 1. The lowest BCUT2D eigenvalue weighted by molar-refractivity contribution is 0.0921. The van der Waals surface area contributed by atoms with Gasteiger partial charge < -0.3 is 14.9 Å². The van der Waals surface area contributed by atoms with Crippen molar-refractivity contribution in [3.8, 4) is 17.2 Å². The van der Waals surface area contributed by atoms with Gasteiger partial charge in [-0.05, 0) is 24.3 Å². The predicted molar refractivity (Wildman–Crippen MR) is 81.1 cm³/mol. The summed E-state index contributed by atoms with van der Waals surface area (Å²) in [6.45, 7) is -0.304. The Morgan fingerprint density at radius 1 is 0.952 bits per heavy atom. The van der Waals surface area contributed by atoms with Gasteiger partial charge in [-0.1, -0.05) is 34.8 Å². The molecule has 110 valence electrons. The Kier molecular flexibility index (Phi) is 4.83. The van der Waals surface area contributed by atoms with Crippen molar-refractivity contribution < 1.29 is 19.7 Å². The van der Waals surface area contributed by atoms with Gasteiger partial charge in [0.15, 0.2) is 23.9 Å². The van der Waals surface area contributed by atoms with Crippen molar-refractivity contribution in [3.63, 3.8) is 0 Å². The maximum atomic E-state index is 11.9. The summed E-state index contributed by atoms with van der Waals surface area (Å²) in [7, 11) is 0. The van der Waals surface area contributed by atoms with Crippen molar-refractivity contribution in [3.05, 3.63) is 51.0 Å². The van der Waals surface area contributed by atoms with Crippen molar-refractivity contribution in [2.45, 2.75) is 0 Å². The molecular formula is C14H9Cl3O4. The SMILES string of the molecule is O=C(COc1cc(Cl)c(Cl)cc1Cl)c1ccc(O)c(O)c1. The molecule has 0 aliphatic rings. The molecule has 2 rings (SSSR count). The van der Waals surface area contributed by atoms with Crippen molar-refractivity contribution in [2.75, 3.05) is 6.61 Å². The molecule has 0 heterocycles. The van der Waals surface area contributed by atoms with E-state index in [1.165, 1.54) is 24.3 Å². The summed E-state index contributed by atoms with van der Waals surface area (Å²) in [5.41, 5.74) is 0.196. The van der Waals surface area contributed by atoms with Gasteiger partial charge in [0, 0.05) is 11.6 Å². The lowest BCUT2D eigenvalue weighted by Gasteiger charge is -2.09. The third kappa shape index (κ3) is 3.73. The lowest BCUT2D eigenvalue weighted by atomic mass is 10.1. The van der Waals surface area contributed by atoms with Gasteiger partial charge in [0.05, 0.1) is 15.1 Å². The number of halogens is 3. The Morgan fingerprint density at radius 3 is 2.29 bits per heavy atom. The first-order chi connectivity index (χ1) is 9.88. The molecule has 0 aliphatic carbocycles. The van der Waals surface area contributed by atoms with Gasteiger partial charge in [-0.25, -0.2) is 0 Å². The van der Waals surface area contributed by atoms with E-state index in [2.05, 4.69) is 0 Å². The number of aromatic hydroxyl groups is 2. The van der Waals surface area contributed by atoms with E-state index in [0.717, 1.165) is 6.07 Å². The Hall–Kier alpha value is -1.62. The summed E-state index contributed by atoms with van der Waals surface area (Å²) in [5.74, 6) is -0.858. The average molecular weight is 348 g/mol. The van der Waals surface area contributed by atoms with Crippen LogP contribution in [0, 0.1) is 0 Å². The van der Waals surface area contributed by atoms with Crippen LogP contribution in [0.25, 0.3) is 0 Å². The third-order valence-corrected chi connectivity index (χ3v) is 3.65. The average Bonchev–Trinajstić information content (AvgIpc) is 2.44. The van der Waals surface area contributed by atoms with Crippen LogP contribution in [0.1, 0.15) is 10.4 Å². The first-order valence-corrected chi connectivity index (χ1v) is 6.84. The highest BCUT2D eigenvalue weighted by molar-refractivity contribution is 6.43. The molecule has 0 saturated carbocycles. The fraction of sp³-hybridized carbons (Fsp3) is 0.0714. The van der Waals surface area contributed by atoms with Crippen LogP contribution in [-0.2, 0) is 0 Å². The molecule has 21 heavy (non-hydrogen) atoms. The molecule has 0 fully saturated rings. The minimum Gasteiger partial charge on any atom is -0.504 e. The van der Waals surface area contributed by atoms with Crippen molar-refractivity contribution in [1.29, 1.82) is 0 Å². The molecule has 0 bridgehead atoms. The van der Waals surface area contributed by atoms with Gasteiger partial charge in [0.2, 0.25) is 0 Å². The fourth-order valence-electron chi connectivity index (χ4n) is 1.54. The summed E-state index contributed by atoms with van der Waals surface area (Å²) in [4.78, 5) is 11.9. The molecule has 0 spiro atoms. The molecule has 2 aromatic carbocycles. The van der Waals surface area contributed by atoms with E-state index in [1.54, 1.807) is 0 Å². The number of phenols is 2. The Bertz CT molecular complexity index is 701. The van der Waals surface area contributed by atoms with Crippen molar-refractivity contribution in [1.82, 2.24) is 0 Å². The topological polar surface area (TPSA) is 66.8 Å². The molecule has 7 heteroatoms. The van der Waals surface area contributed by atoms with E-state index in [0.29, 0.717) is 0 Å². The first-order valence-electron chi connectivity index (χ1n) is 5.71. The minimum atomic E-state index is -0.396. The number of carbonyl (C=O) groups is 1. The molecule has 0 radical (unpaired) electrons. The van der Waals surface area contributed by atoms with E-state index in [1.807, 2.05) is 0 Å². The van der Waals surface area contributed by atoms with Crippen LogP contribution in [0.5, 0.6) is 17.2 Å². The molecule has 0 aliphatic heterocycles. The summed E-state index contributed by atoms with van der Waals surface area (Å²) in [6, 6.07) is 6.56. The largest absolute Gasteiger partial charge is 0.504 e. The predicted octanol–water partition coefficient (Wildman–Crippen LogP) is 4.32. The molecule has 2 aromatic rings. The fourth-order valence-corrected chi connectivity index (χ4v) is 2.13. The minimum absolute atomic E-state index is 0.196. The van der Waals surface area contributed by atoms with E-state index < -0.39 is 5.78 Å². The molecule has 0 unspecified atom stereocenters. The Morgan fingerprint density at radius 2 is 1.62 bits per heavy atom. The highest BCUT2D eigenvalue weighted by Gasteiger charge is 2.12. The van der Waals surface area contributed by atoms with E-state index in [9.17, 15) is 15.0 Å². The number of Topliss-reactive ketones (excluding diaryl/α,β-unsaturated/α-hetero) is 1. The second-order valence-corrected chi connectivity index (χ2v) is 5.33. The van der Waals surface area contributed by atoms with Crippen LogP contribution >= 0.6 is 34.8 Å². The summed E-state index contributed by atoms with van der Waals surface area (Å²) >= 11 is 17.6. The van der Waals surface area contributed by atoms with Crippen LogP contribution in [0.2, 0.25) is 15.1 Å². The van der Waals surface area contributed by atoms with Crippen LogP contribution in [0.15, 0.2) is 30.3 Å². The second kappa shape index (κ2) is 6.43. The van der Waals surface area contributed by atoms with E-state index in [4.69, 9.17) is 39.5 Å². The molecule has 0 aromatic heterocycles. The Labute approximate surface area is 135 Å².